The molecule has 0 saturated carbocycles. The molecule has 0 heterocycles. The number of nitro groups is 1. The van der Waals surface area contributed by atoms with Crippen LogP contribution in [0.5, 0.6) is 0 Å². The van der Waals surface area contributed by atoms with Crippen LogP contribution in [-0.4, -0.2) is 42.3 Å². The molecule has 10 heteroatoms. The van der Waals surface area contributed by atoms with Crippen molar-refractivity contribution >= 4 is 39.4 Å². The van der Waals surface area contributed by atoms with E-state index in [0.717, 1.165) is 12.8 Å². The summed E-state index contributed by atoms with van der Waals surface area (Å²) in [6.45, 7) is 7.72. The van der Waals surface area contributed by atoms with Gasteiger partial charge in [-0.1, -0.05) is 15.9 Å². The minimum Gasteiger partial charge on any atom is -0.465 e. The topological polar surface area (TPSA) is 120 Å². The van der Waals surface area contributed by atoms with E-state index in [1.54, 1.807) is 20.8 Å². The number of anilines is 1. The Balaban J connectivity index is 2.66. The lowest BCUT2D eigenvalue weighted by Gasteiger charge is -2.20. The zero-order chi connectivity index (χ0) is 22.2. The van der Waals surface area contributed by atoms with Gasteiger partial charge in [-0.3, -0.25) is 10.1 Å². The Morgan fingerprint density at radius 1 is 1.28 bits per heavy atom. The van der Waals surface area contributed by atoms with Gasteiger partial charge in [-0.2, -0.15) is 0 Å². The van der Waals surface area contributed by atoms with Crippen molar-refractivity contribution in [2.24, 2.45) is 0 Å². The van der Waals surface area contributed by atoms with Gasteiger partial charge in [-0.15, -0.1) is 0 Å². The molecule has 0 aliphatic heterocycles. The first kappa shape index (κ1) is 24.7. The Labute approximate surface area is 178 Å². The van der Waals surface area contributed by atoms with Gasteiger partial charge in [0.15, 0.2) is 0 Å². The number of nitrogens with one attached hydrogen (secondary N) is 2. The second-order valence-electron chi connectivity index (χ2n) is 7.57. The van der Waals surface area contributed by atoms with E-state index >= 15 is 0 Å². The van der Waals surface area contributed by atoms with Gasteiger partial charge in [-0.05, 0) is 53.0 Å². The summed E-state index contributed by atoms with van der Waals surface area (Å²) in [7, 11) is 1.22. The third-order valence-electron chi connectivity index (χ3n) is 3.81. The highest BCUT2D eigenvalue weighted by Crippen LogP contribution is 2.33. The first-order valence-electron chi connectivity index (χ1n) is 9.24. The summed E-state index contributed by atoms with van der Waals surface area (Å²) < 4.78 is 10.3. The highest BCUT2D eigenvalue weighted by atomic mass is 79.9. The number of hydrogen-bond donors (Lipinski definition) is 2. The highest BCUT2D eigenvalue weighted by molar-refractivity contribution is 9.10. The zero-order valence-corrected chi connectivity index (χ0v) is 18.9. The quantitative estimate of drug-likeness (QED) is 0.232. The number of methoxy groups -OCH3 is 1. The smallest absolute Gasteiger partial charge is 0.407 e. The van der Waals surface area contributed by atoms with Crippen LogP contribution >= 0.6 is 15.9 Å². The molecule has 0 saturated heterocycles. The van der Waals surface area contributed by atoms with Crippen LogP contribution in [0.2, 0.25) is 0 Å². The van der Waals surface area contributed by atoms with Crippen molar-refractivity contribution in [3.05, 3.63) is 32.3 Å². The summed E-state index contributed by atoms with van der Waals surface area (Å²) in [5.74, 6) is -0.661. The lowest BCUT2D eigenvalue weighted by atomic mass is 10.1. The number of esters is 1. The second kappa shape index (κ2) is 11.0. The lowest BCUT2D eigenvalue weighted by molar-refractivity contribution is -0.384. The first-order valence-corrected chi connectivity index (χ1v) is 10.0. The summed E-state index contributed by atoms with van der Waals surface area (Å²) in [4.78, 5) is 34.5. The Morgan fingerprint density at radius 3 is 2.48 bits per heavy atom. The van der Waals surface area contributed by atoms with Gasteiger partial charge >= 0.3 is 12.1 Å². The van der Waals surface area contributed by atoms with Crippen molar-refractivity contribution in [3.8, 4) is 0 Å². The molecule has 0 fully saturated rings. The van der Waals surface area contributed by atoms with Gasteiger partial charge in [0.05, 0.1) is 17.6 Å². The van der Waals surface area contributed by atoms with E-state index in [2.05, 4.69) is 26.6 Å². The lowest BCUT2D eigenvalue weighted by Crippen LogP contribution is -2.33. The van der Waals surface area contributed by atoms with Crippen molar-refractivity contribution in [1.29, 1.82) is 0 Å². The van der Waals surface area contributed by atoms with E-state index in [4.69, 9.17) is 9.47 Å². The number of amides is 1. The average molecular weight is 474 g/mol. The molecular formula is C19H28BrN3O6. The van der Waals surface area contributed by atoms with E-state index in [9.17, 15) is 19.7 Å². The summed E-state index contributed by atoms with van der Waals surface area (Å²) in [5.41, 5.74) is -0.533. The zero-order valence-electron chi connectivity index (χ0n) is 17.3. The van der Waals surface area contributed by atoms with Gasteiger partial charge in [-0.25, -0.2) is 9.59 Å². The Morgan fingerprint density at radius 2 is 1.93 bits per heavy atom. The molecule has 1 amide bonds. The predicted molar refractivity (Wildman–Crippen MR) is 113 cm³/mol. The molecule has 162 valence electrons. The van der Waals surface area contributed by atoms with Crippen LogP contribution in [0.15, 0.2) is 16.6 Å². The Kier molecular flexibility index (Phi) is 9.35. The molecule has 1 aromatic rings. The highest BCUT2D eigenvalue weighted by Gasteiger charge is 2.25. The van der Waals surface area contributed by atoms with Crippen LogP contribution in [0.25, 0.3) is 0 Å². The van der Waals surface area contributed by atoms with Crippen LogP contribution in [0.4, 0.5) is 16.2 Å². The molecule has 0 unspecified atom stereocenters. The number of carbonyl (C=O) groups is 2. The number of carbonyl (C=O) groups excluding carboxylic acids is 2. The number of ether oxygens (including phenoxy) is 2. The van der Waals surface area contributed by atoms with Gasteiger partial charge < -0.3 is 20.1 Å². The third kappa shape index (κ3) is 8.68. The molecule has 0 aliphatic rings. The Hall–Kier alpha value is -2.36. The molecule has 9 nitrogen and oxygen atoms in total. The van der Waals surface area contributed by atoms with E-state index in [-0.39, 0.29) is 23.0 Å². The molecule has 1 aromatic carbocycles. The minimum atomic E-state index is -0.661. The van der Waals surface area contributed by atoms with E-state index in [1.165, 1.54) is 19.2 Å². The van der Waals surface area contributed by atoms with E-state index in [0.29, 0.717) is 17.4 Å². The van der Waals surface area contributed by atoms with Crippen LogP contribution in [0.1, 0.15) is 57.3 Å². The fourth-order valence-corrected chi connectivity index (χ4v) is 3.00. The number of hydrogen-bond acceptors (Lipinski definition) is 7. The van der Waals surface area contributed by atoms with Crippen LogP contribution in [0, 0.1) is 10.1 Å². The van der Waals surface area contributed by atoms with E-state index in [1.807, 2.05) is 6.92 Å². The number of unbranched alkanes of at least 4 members (excludes halogenated alkanes) is 1. The molecular weight excluding hydrogens is 446 g/mol. The molecule has 1 rings (SSSR count). The molecule has 0 bridgehead atoms. The molecule has 29 heavy (non-hydrogen) atoms. The van der Waals surface area contributed by atoms with Crippen molar-refractivity contribution in [3.63, 3.8) is 0 Å². The summed E-state index contributed by atoms with van der Waals surface area (Å²) in [5, 5.41) is 17.2. The largest absolute Gasteiger partial charge is 0.465 e. The molecule has 1 atom stereocenters. The number of halogens is 1. The maximum absolute atomic E-state index is 12.0. The summed E-state index contributed by atoms with van der Waals surface area (Å²) >= 11 is 3.18. The van der Waals surface area contributed by atoms with Gasteiger partial charge in [0, 0.05) is 23.1 Å². The third-order valence-corrected chi connectivity index (χ3v) is 4.27. The fraction of sp³-hybridized carbons (Fsp3) is 0.579. The molecule has 0 aliphatic carbocycles. The molecule has 0 spiro atoms. The van der Waals surface area contributed by atoms with Crippen molar-refractivity contribution in [2.75, 3.05) is 19.0 Å². The molecule has 2 N–H and O–H groups in total. The maximum atomic E-state index is 12.0. The maximum Gasteiger partial charge on any atom is 0.407 e. The molecule has 0 aromatic heterocycles. The SMILES string of the molecule is COC(=O)c1cc(Br)cc([N+](=O)[O-])c1N[C@@H](C)CCCCNC(=O)OC(C)(C)C. The van der Waals surface area contributed by atoms with Crippen LogP contribution < -0.4 is 10.6 Å². The fourth-order valence-electron chi connectivity index (χ4n) is 2.56. The minimum absolute atomic E-state index is 0.0898. The normalized spacial score (nSPS) is 12.1. The van der Waals surface area contributed by atoms with Crippen molar-refractivity contribution in [2.45, 2.75) is 58.6 Å². The predicted octanol–water partition coefficient (Wildman–Crippen LogP) is 4.64. The Bertz CT molecular complexity index is 748. The van der Waals surface area contributed by atoms with Gasteiger partial charge in [0.25, 0.3) is 5.69 Å². The average Bonchev–Trinajstić information content (AvgIpc) is 2.60. The number of rotatable bonds is 9. The van der Waals surface area contributed by atoms with Gasteiger partial charge in [0.2, 0.25) is 0 Å². The number of benzene rings is 1. The van der Waals surface area contributed by atoms with Crippen LogP contribution in [0.3, 0.4) is 0 Å². The number of nitro benzene ring substituents is 1. The van der Waals surface area contributed by atoms with E-state index < -0.39 is 22.6 Å². The monoisotopic (exact) mass is 473 g/mol. The number of alkyl carbamates (subject to hydrolysis) is 1. The summed E-state index contributed by atoms with van der Waals surface area (Å²) in [6.07, 6.45) is 1.71. The molecule has 0 radical (unpaired) electrons. The van der Waals surface area contributed by atoms with Crippen LogP contribution in [-0.2, 0) is 9.47 Å². The van der Waals surface area contributed by atoms with Crippen molar-refractivity contribution in [1.82, 2.24) is 5.32 Å². The standard InChI is InChI=1S/C19H28BrN3O6/c1-12(8-6-7-9-21-18(25)29-19(2,3)4)22-16-14(17(24)28-5)10-13(20)11-15(16)23(26)27/h10-12,22H,6-9H2,1-5H3,(H,21,25)/t12-/m0/s1. The van der Waals surface area contributed by atoms with Gasteiger partial charge in [0.1, 0.15) is 11.3 Å². The second-order valence-corrected chi connectivity index (χ2v) is 8.48. The van der Waals surface area contributed by atoms with Crippen molar-refractivity contribution < 1.29 is 24.0 Å². The summed E-state index contributed by atoms with van der Waals surface area (Å²) in [6, 6.07) is 2.69. The number of nitrogens with zero attached hydrogens (tertiary/aromatic N) is 1. The first-order chi connectivity index (χ1) is 13.4.